The van der Waals surface area contributed by atoms with Crippen molar-refractivity contribution in [3.63, 3.8) is 0 Å². The number of rotatable bonds is 3. The van der Waals surface area contributed by atoms with Crippen LogP contribution in [0.3, 0.4) is 0 Å². The van der Waals surface area contributed by atoms with Crippen molar-refractivity contribution >= 4 is 5.91 Å². The molecule has 1 saturated carbocycles. The van der Waals surface area contributed by atoms with Crippen LogP contribution in [-0.4, -0.2) is 23.9 Å². The Labute approximate surface area is 97.4 Å². The molecule has 0 N–H and O–H groups in total. The first-order valence-corrected chi connectivity index (χ1v) is 5.84. The van der Waals surface area contributed by atoms with E-state index in [0.29, 0.717) is 25.9 Å². The largest absolute Gasteiger partial charge is 0.330 e. The third kappa shape index (κ3) is 2.36. The van der Waals surface area contributed by atoms with E-state index >= 15 is 0 Å². The number of amides is 1. The molecule has 0 aromatic carbocycles. The molecule has 3 nitrogen and oxygen atoms in total. The molecule has 0 aromatic heterocycles. The van der Waals surface area contributed by atoms with E-state index in [2.05, 4.69) is 12.0 Å². The summed E-state index contributed by atoms with van der Waals surface area (Å²) >= 11 is 0. The van der Waals surface area contributed by atoms with Crippen molar-refractivity contribution < 1.29 is 4.79 Å². The molecule has 0 heterocycles. The lowest BCUT2D eigenvalue weighted by Crippen LogP contribution is -2.44. The van der Waals surface area contributed by atoms with Crippen LogP contribution in [0, 0.1) is 29.1 Å². The molecule has 0 bridgehead atoms. The van der Waals surface area contributed by atoms with Gasteiger partial charge in [-0.1, -0.05) is 25.2 Å². The molecule has 1 amide bonds. The molecule has 0 aromatic rings. The lowest BCUT2D eigenvalue weighted by atomic mass is 9.74. The second-order valence-electron chi connectivity index (χ2n) is 4.28. The highest BCUT2D eigenvalue weighted by molar-refractivity contribution is 5.85. The number of hydrogen-bond donors (Lipinski definition) is 0. The molecule has 1 fully saturated rings. The van der Waals surface area contributed by atoms with Gasteiger partial charge in [-0.05, 0) is 19.8 Å². The van der Waals surface area contributed by atoms with Gasteiger partial charge in [0.2, 0.25) is 5.91 Å². The Morgan fingerprint density at radius 3 is 2.50 bits per heavy atom. The van der Waals surface area contributed by atoms with Crippen molar-refractivity contribution in [1.29, 1.82) is 5.26 Å². The highest BCUT2D eigenvalue weighted by atomic mass is 16.2. The third-order valence-corrected chi connectivity index (χ3v) is 3.28. The summed E-state index contributed by atoms with van der Waals surface area (Å²) in [7, 11) is 0. The van der Waals surface area contributed by atoms with Gasteiger partial charge >= 0.3 is 0 Å². The van der Waals surface area contributed by atoms with Crippen LogP contribution in [0.1, 0.15) is 39.0 Å². The van der Waals surface area contributed by atoms with Gasteiger partial charge in [0, 0.05) is 6.54 Å². The first kappa shape index (κ1) is 12.6. The zero-order valence-corrected chi connectivity index (χ0v) is 9.83. The summed E-state index contributed by atoms with van der Waals surface area (Å²) in [6, 6.07) is 2.23. The maximum absolute atomic E-state index is 12.3. The van der Waals surface area contributed by atoms with Crippen LogP contribution >= 0.6 is 0 Å². The van der Waals surface area contributed by atoms with E-state index < -0.39 is 5.41 Å². The molecule has 1 aliphatic carbocycles. The van der Waals surface area contributed by atoms with E-state index in [1.165, 1.54) is 0 Å². The van der Waals surface area contributed by atoms with Crippen LogP contribution in [0.15, 0.2) is 0 Å². The highest BCUT2D eigenvalue weighted by Gasteiger charge is 2.41. The second-order valence-corrected chi connectivity index (χ2v) is 4.28. The Hall–Kier alpha value is -1.48. The summed E-state index contributed by atoms with van der Waals surface area (Å²) in [5.74, 6) is 2.40. The van der Waals surface area contributed by atoms with E-state index in [9.17, 15) is 10.1 Å². The standard InChI is InChI=1S/C13H18N2O/c1-3-10-15(4-2)12(16)13(11-14)8-6-5-7-9-13/h1H,4-10H2,2H3. The van der Waals surface area contributed by atoms with Gasteiger partial charge in [0.25, 0.3) is 0 Å². The lowest BCUT2D eigenvalue weighted by Gasteiger charge is -2.33. The Balaban J connectivity index is 2.83. The van der Waals surface area contributed by atoms with Gasteiger partial charge in [-0.15, -0.1) is 6.42 Å². The molecule has 86 valence electrons. The van der Waals surface area contributed by atoms with Gasteiger partial charge in [0.1, 0.15) is 5.41 Å². The van der Waals surface area contributed by atoms with Gasteiger partial charge < -0.3 is 4.90 Å². The Morgan fingerprint density at radius 1 is 1.44 bits per heavy atom. The van der Waals surface area contributed by atoms with Gasteiger partial charge in [-0.25, -0.2) is 0 Å². The van der Waals surface area contributed by atoms with Crippen LogP contribution in [-0.2, 0) is 4.79 Å². The fourth-order valence-electron chi connectivity index (χ4n) is 2.27. The van der Waals surface area contributed by atoms with Crippen LogP contribution in [0.5, 0.6) is 0 Å². The smallest absolute Gasteiger partial charge is 0.243 e. The predicted molar refractivity (Wildman–Crippen MR) is 62.2 cm³/mol. The SMILES string of the molecule is C#CCN(CC)C(=O)C1(C#N)CCCCC1. The molecule has 0 spiro atoms. The Kier molecular flexibility index (Phi) is 4.38. The topological polar surface area (TPSA) is 44.1 Å². The van der Waals surface area contributed by atoms with Crippen LogP contribution in [0.25, 0.3) is 0 Å². The average molecular weight is 218 g/mol. The first-order chi connectivity index (χ1) is 7.70. The Bertz CT molecular complexity index is 329. The van der Waals surface area contributed by atoms with Crippen molar-refractivity contribution in [2.45, 2.75) is 39.0 Å². The van der Waals surface area contributed by atoms with Gasteiger partial charge in [0.15, 0.2) is 0 Å². The third-order valence-electron chi connectivity index (χ3n) is 3.28. The van der Waals surface area contributed by atoms with Crippen molar-refractivity contribution in [3.05, 3.63) is 0 Å². The summed E-state index contributed by atoms with van der Waals surface area (Å²) in [6.07, 6.45) is 9.65. The minimum absolute atomic E-state index is 0.0739. The molecule has 0 unspecified atom stereocenters. The molecule has 0 atom stereocenters. The molecule has 3 heteroatoms. The number of nitriles is 1. The minimum Gasteiger partial charge on any atom is -0.330 e. The van der Waals surface area contributed by atoms with Crippen molar-refractivity contribution in [1.82, 2.24) is 4.90 Å². The number of terminal acetylenes is 1. The fourth-order valence-corrected chi connectivity index (χ4v) is 2.27. The molecular weight excluding hydrogens is 200 g/mol. The van der Waals surface area contributed by atoms with E-state index in [1.54, 1.807) is 4.90 Å². The van der Waals surface area contributed by atoms with Crippen molar-refractivity contribution in [2.24, 2.45) is 5.41 Å². The number of hydrogen-bond acceptors (Lipinski definition) is 2. The van der Waals surface area contributed by atoms with Gasteiger partial charge in [0.05, 0.1) is 12.6 Å². The molecular formula is C13H18N2O. The van der Waals surface area contributed by atoms with Gasteiger partial charge in [-0.3, -0.25) is 4.79 Å². The summed E-state index contributed by atoms with van der Waals surface area (Å²) in [6.45, 7) is 2.77. The molecule has 16 heavy (non-hydrogen) atoms. The molecule has 1 aliphatic rings. The second kappa shape index (κ2) is 5.56. The maximum atomic E-state index is 12.3. The normalized spacial score (nSPS) is 18.2. The molecule has 0 radical (unpaired) electrons. The van der Waals surface area contributed by atoms with E-state index in [4.69, 9.17) is 6.42 Å². The summed E-state index contributed by atoms with van der Waals surface area (Å²) in [5.41, 5.74) is -0.800. The summed E-state index contributed by atoms with van der Waals surface area (Å²) < 4.78 is 0. The van der Waals surface area contributed by atoms with Crippen LogP contribution < -0.4 is 0 Å². The minimum atomic E-state index is -0.800. The number of nitrogens with zero attached hydrogens (tertiary/aromatic N) is 2. The van der Waals surface area contributed by atoms with E-state index in [0.717, 1.165) is 19.3 Å². The van der Waals surface area contributed by atoms with Crippen molar-refractivity contribution in [2.75, 3.05) is 13.1 Å². The maximum Gasteiger partial charge on any atom is 0.243 e. The molecule has 1 rings (SSSR count). The van der Waals surface area contributed by atoms with E-state index in [-0.39, 0.29) is 5.91 Å². The zero-order chi connectivity index (χ0) is 12.0. The first-order valence-electron chi connectivity index (χ1n) is 5.84. The van der Waals surface area contributed by atoms with Gasteiger partial charge in [-0.2, -0.15) is 5.26 Å². The Morgan fingerprint density at radius 2 is 2.06 bits per heavy atom. The fraction of sp³-hybridized carbons (Fsp3) is 0.692. The number of carbonyl (C=O) groups is 1. The molecule has 0 aliphatic heterocycles. The number of carbonyl (C=O) groups excluding carboxylic acids is 1. The highest BCUT2D eigenvalue weighted by Crippen LogP contribution is 2.37. The molecule has 0 saturated heterocycles. The zero-order valence-electron chi connectivity index (χ0n) is 9.83. The van der Waals surface area contributed by atoms with Crippen LogP contribution in [0.4, 0.5) is 0 Å². The van der Waals surface area contributed by atoms with E-state index in [1.807, 2.05) is 6.92 Å². The average Bonchev–Trinajstić information content (AvgIpc) is 2.36. The lowest BCUT2D eigenvalue weighted by molar-refractivity contribution is -0.139. The van der Waals surface area contributed by atoms with Crippen LogP contribution in [0.2, 0.25) is 0 Å². The quantitative estimate of drug-likeness (QED) is 0.679. The summed E-state index contributed by atoms with van der Waals surface area (Å²) in [5, 5.41) is 9.28. The van der Waals surface area contributed by atoms with Crippen molar-refractivity contribution in [3.8, 4) is 18.4 Å². The monoisotopic (exact) mass is 218 g/mol. The predicted octanol–water partition coefficient (Wildman–Crippen LogP) is 1.94. The summed E-state index contributed by atoms with van der Waals surface area (Å²) in [4.78, 5) is 13.9.